The first kappa shape index (κ1) is 16.0. The molecule has 5 nitrogen and oxygen atoms in total. The lowest BCUT2D eigenvalue weighted by molar-refractivity contribution is -0.144. The molecule has 110 valence electrons. The van der Waals surface area contributed by atoms with Crippen LogP contribution in [0.4, 0.5) is 0 Å². The number of carbonyl (C=O) groups is 2. The predicted octanol–water partition coefficient (Wildman–Crippen LogP) is 0.751. The number of hydrogen-bond donors (Lipinski definition) is 2. The van der Waals surface area contributed by atoms with E-state index in [1.807, 2.05) is 6.92 Å². The van der Waals surface area contributed by atoms with Gasteiger partial charge in [-0.15, -0.1) is 0 Å². The highest BCUT2D eigenvalue weighted by Crippen LogP contribution is 2.33. The second-order valence-electron chi connectivity index (χ2n) is 5.36. The molecule has 0 aromatic rings. The molecule has 1 aliphatic heterocycles. The smallest absolute Gasteiger partial charge is 0.239 e. The highest BCUT2D eigenvalue weighted by Gasteiger charge is 2.42. The van der Waals surface area contributed by atoms with Crippen LogP contribution >= 0.6 is 0 Å². The third kappa shape index (κ3) is 3.93. The van der Waals surface area contributed by atoms with E-state index in [4.69, 9.17) is 0 Å². The largest absolute Gasteiger partial charge is 0.358 e. The number of carbonyl (C=O) groups excluding carboxylic acids is 2. The van der Waals surface area contributed by atoms with Crippen molar-refractivity contribution >= 4 is 11.8 Å². The Labute approximate surface area is 116 Å². The molecule has 0 saturated carbocycles. The topological polar surface area (TPSA) is 61.4 Å². The molecule has 0 radical (unpaired) electrons. The van der Waals surface area contributed by atoms with Gasteiger partial charge >= 0.3 is 0 Å². The minimum absolute atomic E-state index is 0.0978. The standard InChI is InChI=1S/C14H27N3O2/c1-4-6-14(7-8-16-11-14)13(19)17(9-5-2)10-12(18)15-3/h16H,4-11H2,1-3H3,(H,15,18). The van der Waals surface area contributed by atoms with Gasteiger partial charge in [-0.3, -0.25) is 9.59 Å². The Morgan fingerprint density at radius 2 is 2.05 bits per heavy atom. The number of nitrogens with one attached hydrogen (secondary N) is 2. The molecule has 2 amide bonds. The van der Waals surface area contributed by atoms with Crippen LogP contribution < -0.4 is 10.6 Å². The van der Waals surface area contributed by atoms with Crippen LogP contribution in [-0.4, -0.2) is 49.9 Å². The van der Waals surface area contributed by atoms with Gasteiger partial charge < -0.3 is 15.5 Å². The first-order valence-corrected chi connectivity index (χ1v) is 7.30. The molecule has 0 bridgehead atoms. The van der Waals surface area contributed by atoms with Gasteiger partial charge in [-0.25, -0.2) is 0 Å². The van der Waals surface area contributed by atoms with E-state index in [9.17, 15) is 9.59 Å². The van der Waals surface area contributed by atoms with Crippen molar-refractivity contribution in [3.05, 3.63) is 0 Å². The summed E-state index contributed by atoms with van der Waals surface area (Å²) in [6.45, 7) is 6.60. The molecule has 1 saturated heterocycles. The van der Waals surface area contributed by atoms with Gasteiger partial charge in [-0.05, 0) is 25.8 Å². The van der Waals surface area contributed by atoms with E-state index in [0.29, 0.717) is 6.54 Å². The molecular weight excluding hydrogens is 242 g/mol. The average Bonchev–Trinajstić information content (AvgIpc) is 2.87. The maximum absolute atomic E-state index is 12.8. The summed E-state index contributed by atoms with van der Waals surface area (Å²) >= 11 is 0. The Kier molecular flexibility index (Phi) is 6.28. The molecule has 5 heteroatoms. The number of likely N-dealkylation sites (N-methyl/N-ethyl adjacent to an activating group) is 1. The molecule has 0 aliphatic carbocycles. The number of rotatable bonds is 7. The summed E-state index contributed by atoms with van der Waals surface area (Å²) in [6.07, 6.45) is 3.64. The molecule has 0 aromatic heterocycles. The lowest BCUT2D eigenvalue weighted by atomic mass is 9.81. The zero-order valence-corrected chi connectivity index (χ0v) is 12.4. The summed E-state index contributed by atoms with van der Waals surface area (Å²) in [7, 11) is 1.61. The van der Waals surface area contributed by atoms with Crippen LogP contribution in [0, 0.1) is 5.41 Å². The van der Waals surface area contributed by atoms with Gasteiger partial charge in [0.15, 0.2) is 0 Å². The van der Waals surface area contributed by atoms with Crippen LogP contribution in [0.5, 0.6) is 0 Å². The summed E-state index contributed by atoms with van der Waals surface area (Å²) in [5.41, 5.74) is -0.294. The van der Waals surface area contributed by atoms with Crippen LogP contribution in [0.15, 0.2) is 0 Å². The van der Waals surface area contributed by atoms with Crippen LogP contribution in [0.25, 0.3) is 0 Å². The molecule has 1 heterocycles. The van der Waals surface area contributed by atoms with Gasteiger partial charge in [-0.1, -0.05) is 20.3 Å². The van der Waals surface area contributed by atoms with E-state index in [-0.39, 0.29) is 23.8 Å². The van der Waals surface area contributed by atoms with Crippen molar-refractivity contribution in [2.45, 2.75) is 39.5 Å². The summed E-state index contributed by atoms with van der Waals surface area (Å²) < 4.78 is 0. The fraction of sp³-hybridized carbons (Fsp3) is 0.857. The maximum Gasteiger partial charge on any atom is 0.239 e. The first-order chi connectivity index (χ1) is 9.09. The zero-order valence-electron chi connectivity index (χ0n) is 12.4. The Balaban J connectivity index is 2.80. The molecule has 0 spiro atoms. The average molecular weight is 269 g/mol. The fourth-order valence-electron chi connectivity index (χ4n) is 2.84. The van der Waals surface area contributed by atoms with Crippen LogP contribution in [-0.2, 0) is 9.59 Å². The molecule has 2 N–H and O–H groups in total. The highest BCUT2D eigenvalue weighted by molar-refractivity contribution is 5.88. The molecule has 0 aromatic carbocycles. The zero-order chi connectivity index (χ0) is 14.3. The van der Waals surface area contributed by atoms with Crippen molar-refractivity contribution in [3.63, 3.8) is 0 Å². The van der Waals surface area contributed by atoms with Crippen molar-refractivity contribution in [2.75, 3.05) is 33.2 Å². The van der Waals surface area contributed by atoms with Gasteiger partial charge in [0, 0.05) is 20.1 Å². The monoisotopic (exact) mass is 269 g/mol. The van der Waals surface area contributed by atoms with Crippen molar-refractivity contribution in [3.8, 4) is 0 Å². The first-order valence-electron chi connectivity index (χ1n) is 7.30. The lowest BCUT2D eigenvalue weighted by Gasteiger charge is -2.33. The molecule has 1 rings (SSSR count). The Morgan fingerprint density at radius 1 is 1.32 bits per heavy atom. The quantitative estimate of drug-likeness (QED) is 0.717. The fourth-order valence-corrected chi connectivity index (χ4v) is 2.84. The Hall–Kier alpha value is -1.10. The number of nitrogens with zero attached hydrogens (tertiary/aromatic N) is 1. The minimum atomic E-state index is -0.294. The number of hydrogen-bond acceptors (Lipinski definition) is 3. The van der Waals surface area contributed by atoms with E-state index in [1.54, 1.807) is 11.9 Å². The number of amides is 2. The summed E-state index contributed by atoms with van der Waals surface area (Å²) in [4.78, 5) is 26.1. The molecule has 1 fully saturated rings. The summed E-state index contributed by atoms with van der Waals surface area (Å²) in [6, 6.07) is 0. The van der Waals surface area contributed by atoms with E-state index in [2.05, 4.69) is 17.6 Å². The van der Waals surface area contributed by atoms with E-state index in [0.717, 1.165) is 38.8 Å². The van der Waals surface area contributed by atoms with E-state index < -0.39 is 0 Å². The molecule has 1 atom stereocenters. The third-order valence-corrected chi connectivity index (χ3v) is 3.82. The van der Waals surface area contributed by atoms with Gasteiger partial charge in [0.1, 0.15) is 0 Å². The molecular formula is C14H27N3O2. The molecule has 1 aliphatic rings. The molecule has 1 unspecified atom stereocenters. The Morgan fingerprint density at radius 3 is 2.53 bits per heavy atom. The van der Waals surface area contributed by atoms with Crippen LogP contribution in [0.2, 0.25) is 0 Å². The maximum atomic E-state index is 12.8. The van der Waals surface area contributed by atoms with Crippen molar-refractivity contribution < 1.29 is 9.59 Å². The van der Waals surface area contributed by atoms with Gasteiger partial charge in [0.05, 0.1) is 12.0 Å². The van der Waals surface area contributed by atoms with Gasteiger partial charge in [-0.2, -0.15) is 0 Å². The summed E-state index contributed by atoms with van der Waals surface area (Å²) in [5.74, 6) is 0.0456. The van der Waals surface area contributed by atoms with Crippen LogP contribution in [0.3, 0.4) is 0 Å². The SMILES string of the molecule is CCCN(CC(=O)NC)C(=O)C1(CCC)CCNC1. The minimum Gasteiger partial charge on any atom is -0.358 e. The van der Waals surface area contributed by atoms with Gasteiger partial charge in [0.25, 0.3) is 0 Å². The molecule has 19 heavy (non-hydrogen) atoms. The normalized spacial score (nSPS) is 22.3. The van der Waals surface area contributed by atoms with Crippen molar-refractivity contribution in [1.82, 2.24) is 15.5 Å². The predicted molar refractivity (Wildman–Crippen MR) is 75.8 cm³/mol. The second kappa shape index (κ2) is 7.48. The van der Waals surface area contributed by atoms with Crippen LogP contribution in [0.1, 0.15) is 39.5 Å². The van der Waals surface area contributed by atoms with E-state index >= 15 is 0 Å². The van der Waals surface area contributed by atoms with Crippen molar-refractivity contribution in [1.29, 1.82) is 0 Å². The van der Waals surface area contributed by atoms with Gasteiger partial charge in [0.2, 0.25) is 11.8 Å². The van der Waals surface area contributed by atoms with Crippen molar-refractivity contribution in [2.24, 2.45) is 5.41 Å². The second-order valence-corrected chi connectivity index (χ2v) is 5.36. The summed E-state index contributed by atoms with van der Waals surface area (Å²) in [5, 5.41) is 5.89. The van der Waals surface area contributed by atoms with E-state index in [1.165, 1.54) is 0 Å². The lowest BCUT2D eigenvalue weighted by Crippen LogP contribution is -2.48. The Bertz CT molecular complexity index is 312. The third-order valence-electron chi connectivity index (χ3n) is 3.82. The highest BCUT2D eigenvalue weighted by atomic mass is 16.2.